The zero-order valence-electron chi connectivity index (χ0n) is 14.0. The Hall–Kier alpha value is -3.20. The molecule has 0 atom stereocenters. The zero-order chi connectivity index (χ0) is 17.3. The van der Waals surface area contributed by atoms with Crippen LogP contribution < -0.4 is 10.6 Å². The summed E-state index contributed by atoms with van der Waals surface area (Å²) in [6, 6.07) is 8.25. The summed E-state index contributed by atoms with van der Waals surface area (Å²) >= 11 is 0. The molecule has 0 radical (unpaired) electrons. The number of anilines is 3. The van der Waals surface area contributed by atoms with Crippen LogP contribution >= 0.6 is 0 Å². The summed E-state index contributed by atoms with van der Waals surface area (Å²) in [6.07, 6.45) is 5.42. The van der Waals surface area contributed by atoms with Crippen LogP contribution in [0.5, 0.6) is 0 Å². The summed E-state index contributed by atoms with van der Waals surface area (Å²) in [5.74, 6) is 1.45. The number of H-pyrrole nitrogens is 1. The molecular formula is C17H18N8O. The second kappa shape index (κ2) is 6.26. The number of nitrogens with one attached hydrogen (secondary N) is 3. The fraction of sp³-hybridized carbons (Fsp3) is 0.294. The van der Waals surface area contributed by atoms with Crippen molar-refractivity contribution in [2.24, 2.45) is 0 Å². The van der Waals surface area contributed by atoms with E-state index in [1.807, 2.05) is 28.8 Å². The molecule has 132 valence electrons. The number of hydrogen-bond donors (Lipinski definition) is 3. The second-order valence-corrected chi connectivity index (χ2v) is 6.30. The van der Waals surface area contributed by atoms with Crippen molar-refractivity contribution >= 4 is 34.1 Å². The molecule has 1 fully saturated rings. The van der Waals surface area contributed by atoms with Crippen molar-refractivity contribution in [3.05, 3.63) is 36.7 Å². The van der Waals surface area contributed by atoms with E-state index in [1.165, 1.54) is 0 Å². The lowest BCUT2D eigenvalue weighted by molar-refractivity contribution is 0.0903. The highest BCUT2D eigenvalue weighted by atomic mass is 16.5. The molecule has 0 unspecified atom stereocenters. The molecule has 0 amide bonds. The lowest BCUT2D eigenvalue weighted by Gasteiger charge is -2.24. The van der Waals surface area contributed by atoms with Crippen molar-refractivity contribution in [3.8, 4) is 0 Å². The predicted molar refractivity (Wildman–Crippen MR) is 97.6 cm³/mol. The monoisotopic (exact) mass is 350 g/mol. The topological polar surface area (TPSA) is 105 Å². The molecule has 26 heavy (non-hydrogen) atoms. The smallest absolute Gasteiger partial charge is 0.247 e. The Labute approximate surface area is 148 Å². The van der Waals surface area contributed by atoms with Gasteiger partial charge in [0, 0.05) is 19.3 Å². The Morgan fingerprint density at radius 1 is 1.19 bits per heavy atom. The lowest BCUT2D eigenvalue weighted by atomic mass is 10.1. The van der Waals surface area contributed by atoms with Crippen molar-refractivity contribution in [2.45, 2.75) is 18.9 Å². The maximum absolute atomic E-state index is 5.42. The highest BCUT2D eigenvalue weighted by Crippen LogP contribution is 2.20. The van der Waals surface area contributed by atoms with E-state index in [0.717, 1.165) is 54.2 Å². The minimum absolute atomic E-state index is 0.391. The molecule has 9 heteroatoms. The van der Waals surface area contributed by atoms with Gasteiger partial charge < -0.3 is 15.4 Å². The van der Waals surface area contributed by atoms with Crippen LogP contribution in [0.4, 0.5) is 17.5 Å². The van der Waals surface area contributed by atoms with Crippen LogP contribution in [0, 0.1) is 0 Å². The molecule has 3 N–H and O–H groups in total. The molecule has 0 spiro atoms. The van der Waals surface area contributed by atoms with E-state index in [9.17, 15) is 0 Å². The molecule has 4 aromatic rings. The molecule has 1 aliphatic heterocycles. The lowest BCUT2D eigenvalue weighted by Crippen LogP contribution is -2.28. The summed E-state index contributed by atoms with van der Waals surface area (Å²) < 4.78 is 7.24. The highest BCUT2D eigenvalue weighted by Gasteiger charge is 2.15. The fourth-order valence-corrected chi connectivity index (χ4v) is 3.15. The molecule has 0 bridgehead atoms. The standard InChI is InChI=1S/C17H18N8O/c1-2-15(20-11-4-6-26-7-5-11)25-16(3-1)22-17(24-25)21-12-8-13-14(18-9-12)10-19-23-13/h1-3,8-11,20H,4-7H2,(H,19,23)(H,21,24). The minimum Gasteiger partial charge on any atom is -0.381 e. The quantitative estimate of drug-likeness (QED) is 0.519. The Morgan fingerprint density at radius 2 is 2.12 bits per heavy atom. The van der Waals surface area contributed by atoms with E-state index in [2.05, 4.69) is 35.9 Å². The van der Waals surface area contributed by atoms with Gasteiger partial charge in [-0.3, -0.25) is 10.1 Å². The van der Waals surface area contributed by atoms with E-state index in [-0.39, 0.29) is 0 Å². The van der Waals surface area contributed by atoms with Crippen LogP contribution in [0.25, 0.3) is 16.7 Å². The van der Waals surface area contributed by atoms with Gasteiger partial charge in [-0.2, -0.15) is 14.6 Å². The number of rotatable bonds is 4. The molecule has 0 aliphatic carbocycles. The third-order valence-electron chi connectivity index (χ3n) is 4.48. The van der Waals surface area contributed by atoms with Crippen LogP contribution in [-0.2, 0) is 4.74 Å². The van der Waals surface area contributed by atoms with Gasteiger partial charge in [0.2, 0.25) is 5.95 Å². The average molecular weight is 350 g/mol. The van der Waals surface area contributed by atoms with Crippen molar-refractivity contribution in [1.82, 2.24) is 29.8 Å². The Kier molecular flexibility index (Phi) is 3.64. The molecule has 0 saturated carbocycles. The minimum atomic E-state index is 0.391. The highest BCUT2D eigenvalue weighted by molar-refractivity contribution is 5.77. The third-order valence-corrected chi connectivity index (χ3v) is 4.48. The van der Waals surface area contributed by atoms with Gasteiger partial charge in [0.1, 0.15) is 11.3 Å². The van der Waals surface area contributed by atoms with Crippen LogP contribution in [0.3, 0.4) is 0 Å². The maximum atomic E-state index is 5.42. The molecule has 9 nitrogen and oxygen atoms in total. The molecular weight excluding hydrogens is 332 g/mol. The number of nitrogens with zero attached hydrogens (tertiary/aromatic N) is 5. The second-order valence-electron chi connectivity index (χ2n) is 6.30. The van der Waals surface area contributed by atoms with Crippen molar-refractivity contribution in [1.29, 1.82) is 0 Å². The summed E-state index contributed by atoms with van der Waals surface area (Å²) in [6.45, 7) is 1.59. The first kappa shape index (κ1) is 15.1. The van der Waals surface area contributed by atoms with Gasteiger partial charge >= 0.3 is 0 Å². The molecule has 1 aliphatic rings. The number of aromatic amines is 1. The molecule has 0 aromatic carbocycles. The molecule has 4 aromatic heterocycles. The predicted octanol–water partition coefficient (Wildman–Crippen LogP) is 2.34. The van der Waals surface area contributed by atoms with Crippen LogP contribution in [0.15, 0.2) is 36.7 Å². The Balaban J connectivity index is 1.42. The molecule has 5 heterocycles. The van der Waals surface area contributed by atoms with Crippen LogP contribution in [0.2, 0.25) is 0 Å². The van der Waals surface area contributed by atoms with E-state index in [0.29, 0.717) is 12.0 Å². The number of fused-ring (bicyclic) bond motifs is 2. The van der Waals surface area contributed by atoms with Gasteiger partial charge in [-0.15, -0.1) is 5.10 Å². The average Bonchev–Trinajstić information content (AvgIpc) is 3.29. The Bertz CT molecular complexity index is 1050. The number of hydrogen-bond acceptors (Lipinski definition) is 7. The number of pyridine rings is 2. The van der Waals surface area contributed by atoms with E-state index in [1.54, 1.807) is 12.4 Å². The third kappa shape index (κ3) is 2.82. The van der Waals surface area contributed by atoms with Crippen molar-refractivity contribution in [2.75, 3.05) is 23.8 Å². The summed E-state index contributed by atoms with van der Waals surface area (Å²) in [5.41, 5.74) is 3.26. The van der Waals surface area contributed by atoms with E-state index in [4.69, 9.17) is 4.74 Å². The first-order chi connectivity index (χ1) is 12.8. The first-order valence-corrected chi connectivity index (χ1v) is 8.61. The first-order valence-electron chi connectivity index (χ1n) is 8.61. The molecule has 5 rings (SSSR count). The largest absolute Gasteiger partial charge is 0.381 e. The van der Waals surface area contributed by atoms with Crippen LogP contribution in [0.1, 0.15) is 12.8 Å². The normalized spacial score (nSPS) is 15.5. The maximum Gasteiger partial charge on any atom is 0.247 e. The Morgan fingerprint density at radius 3 is 3.04 bits per heavy atom. The van der Waals surface area contributed by atoms with E-state index >= 15 is 0 Å². The van der Waals surface area contributed by atoms with Crippen molar-refractivity contribution in [3.63, 3.8) is 0 Å². The van der Waals surface area contributed by atoms with Gasteiger partial charge in [-0.05, 0) is 31.0 Å². The van der Waals surface area contributed by atoms with Gasteiger partial charge in [0.15, 0.2) is 5.65 Å². The number of ether oxygens (including phenoxy) is 1. The fourth-order valence-electron chi connectivity index (χ4n) is 3.15. The summed E-state index contributed by atoms with van der Waals surface area (Å²) in [4.78, 5) is 8.90. The van der Waals surface area contributed by atoms with Gasteiger partial charge in [0.25, 0.3) is 0 Å². The van der Waals surface area contributed by atoms with E-state index < -0.39 is 0 Å². The molecule has 1 saturated heterocycles. The SMILES string of the molecule is c1cc(NC2CCOCC2)n2nc(Nc3cnc4cn[nH]c4c3)nc2c1. The van der Waals surface area contributed by atoms with Crippen molar-refractivity contribution < 1.29 is 4.74 Å². The zero-order valence-corrected chi connectivity index (χ0v) is 14.0. The van der Waals surface area contributed by atoms with Gasteiger partial charge in [0.05, 0.1) is 23.6 Å². The number of aromatic nitrogens is 6. The summed E-state index contributed by atoms with van der Waals surface area (Å²) in [7, 11) is 0. The summed E-state index contributed by atoms with van der Waals surface area (Å²) in [5, 5.41) is 18.2. The van der Waals surface area contributed by atoms with Crippen LogP contribution in [-0.4, -0.2) is 49.0 Å². The van der Waals surface area contributed by atoms with Gasteiger partial charge in [-0.25, -0.2) is 0 Å². The van der Waals surface area contributed by atoms with Gasteiger partial charge in [-0.1, -0.05) is 6.07 Å².